The van der Waals surface area contributed by atoms with Gasteiger partial charge in [-0.15, -0.1) is 0 Å². The van der Waals surface area contributed by atoms with Gasteiger partial charge in [0.25, 0.3) is 0 Å². The van der Waals surface area contributed by atoms with Crippen molar-refractivity contribution in [1.82, 2.24) is 15.0 Å². The predicted octanol–water partition coefficient (Wildman–Crippen LogP) is 3.31. The molecule has 0 spiro atoms. The van der Waals surface area contributed by atoms with Crippen molar-refractivity contribution < 1.29 is 5.11 Å². The zero-order valence-electron chi connectivity index (χ0n) is 13.2. The van der Waals surface area contributed by atoms with E-state index in [2.05, 4.69) is 27.9 Å². The standard InChI is InChI=1S/C19H16N4O/c1-11-6-13(10-24)19-14(4-5-21-19)15(11)8-18-22-16-3-2-12(9-20)7-17(16)23-18/h2-7,21,24H,8,10H2,1H3,(H,22,23). The summed E-state index contributed by atoms with van der Waals surface area (Å²) >= 11 is 0. The first-order chi connectivity index (χ1) is 11.7. The summed E-state index contributed by atoms with van der Waals surface area (Å²) in [5, 5.41) is 19.7. The van der Waals surface area contributed by atoms with Crippen LogP contribution in [0.25, 0.3) is 21.9 Å². The number of aryl methyl sites for hydroxylation is 1. The van der Waals surface area contributed by atoms with Crippen molar-refractivity contribution in [3.63, 3.8) is 0 Å². The molecule has 2 aromatic carbocycles. The van der Waals surface area contributed by atoms with Crippen LogP contribution in [-0.2, 0) is 13.0 Å². The van der Waals surface area contributed by atoms with Crippen LogP contribution in [0.4, 0.5) is 0 Å². The van der Waals surface area contributed by atoms with Gasteiger partial charge in [0, 0.05) is 23.6 Å². The molecule has 0 atom stereocenters. The van der Waals surface area contributed by atoms with Crippen molar-refractivity contribution in [2.45, 2.75) is 20.0 Å². The largest absolute Gasteiger partial charge is 0.392 e. The average Bonchev–Trinajstić information content (AvgIpc) is 3.22. The maximum Gasteiger partial charge on any atom is 0.111 e. The Morgan fingerprint density at radius 1 is 1.25 bits per heavy atom. The van der Waals surface area contributed by atoms with Gasteiger partial charge in [0.1, 0.15) is 5.82 Å². The minimum absolute atomic E-state index is 0.0136. The fraction of sp³-hybridized carbons (Fsp3) is 0.158. The van der Waals surface area contributed by atoms with E-state index in [1.807, 2.05) is 30.5 Å². The Labute approximate surface area is 138 Å². The van der Waals surface area contributed by atoms with Crippen molar-refractivity contribution >= 4 is 21.9 Å². The highest BCUT2D eigenvalue weighted by Gasteiger charge is 2.13. The molecule has 0 saturated carbocycles. The van der Waals surface area contributed by atoms with Crippen LogP contribution in [0.5, 0.6) is 0 Å². The summed E-state index contributed by atoms with van der Waals surface area (Å²) in [6.07, 6.45) is 2.56. The molecule has 0 amide bonds. The van der Waals surface area contributed by atoms with Gasteiger partial charge >= 0.3 is 0 Å². The topological polar surface area (TPSA) is 88.5 Å². The van der Waals surface area contributed by atoms with Crippen LogP contribution in [0, 0.1) is 18.3 Å². The number of hydrogen-bond donors (Lipinski definition) is 3. The zero-order chi connectivity index (χ0) is 16.7. The number of fused-ring (bicyclic) bond motifs is 2. The van der Waals surface area contributed by atoms with Gasteiger partial charge in [-0.25, -0.2) is 4.98 Å². The molecule has 0 radical (unpaired) electrons. The molecule has 0 aliphatic rings. The second kappa shape index (κ2) is 5.52. The highest BCUT2D eigenvalue weighted by atomic mass is 16.3. The zero-order valence-corrected chi connectivity index (χ0v) is 13.2. The molecule has 118 valence electrons. The lowest BCUT2D eigenvalue weighted by Gasteiger charge is -2.10. The molecular weight excluding hydrogens is 300 g/mol. The average molecular weight is 316 g/mol. The Balaban J connectivity index is 1.81. The van der Waals surface area contributed by atoms with Gasteiger partial charge in [0.15, 0.2) is 0 Å². The maximum atomic E-state index is 9.54. The lowest BCUT2D eigenvalue weighted by Crippen LogP contribution is -1.98. The third-order valence-electron chi connectivity index (χ3n) is 4.43. The summed E-state index contributed by atoms with van der Waals surface area (Å²) in [5.41, 5.74) is 6.54. The van der Waals surface area contributed by atoms with E-state index < -0.39 is 0 Å². The quantitative estimate of drug-likeness (QED) is 0.542. The Morgan fingerprint density at radius 3 is 2.92 bits per heavy atom. The number of H-pyrrole nitrogens is 2. The van der Waals surface area contributed by atoms with Crippen LogP contribution < -0.4 is 0 Å². The molecule has 4 rings (SSSR count). The van der Waals surface area contributed by atoms with Gasteiger partial charge < -0.3 is 15.1 Å². The molecule has 0 saturated heterocycles. The first-order valence-electron chi connectivity index (χ1n) is 7.77. The molecule has 2 heterocycles. The van der Waals surface area contributed by atoms with E-state index in [-0.39, 0.29) is 6.61 Å². The first-order valence-corrected chi connectivity index (χ1v) is 7.77. The molecule has 0 aliphatic carbocycles. The number of rotatable bonds is 3. The molecule has 4 aromatic rings. The Morgan fingerprint density at radius 2 is 2.12 bits per heavy atom. The summed E-state index contributed by atoms with van der Waals surface area (Å²) in [6.45, 7) is 2.07. The van der Waals surface area contributed by atoms with Gasteiger partial charge in [-0.3, -0.25) is 0 Å². The molecule has 0 unspecified atom stereocenters. The van der Waals surface area contributed by atoms with E-state index in [0.29, 0.717) is 12.0 Å². The lowest BCUT2D eigenvalue weighted by atomic mass is 9.97. The number of imidazole rings is 1. The monoisotopic (exact) mass is 316 g/mol. The molecule has 0 aliphatic heterocycles. The van der Waals surface area contributed by atoms with Gasteiger partial charge in [-0.2, -0.15) is 5.26 Å². The molecule has 24 heavy (non-hydrogen) atoms. The number of aromatic nitrogens is 3. The second-order valence-corrected chi connectivity index (χ2v) is 5.96. The summed E-state index contributed by atoms with van der Waals surface area (Å²) in [5.74, 6) is 0.863. The third-order valence-corrected chi connectivity index (χ3v) is 4.43. The lowest BCUT2D eigenvalue weighted by molar-refractivity contribution is 0.283. The van der Waals surface area contributed by atoms with E-state index in [1.165, 1.54) is 5.56 Å². The normalized spacial score (nSPS) is 11.2. The Hall–Kier alpha value is -3.10. The number of nitrogens with one attached hydrogen (secondary N) is 2. The van der Waals surface area contributed by atoms with Crippen LogP contribution in [0.1, 0.15) is 28.1 Å². The van der Waals surface area contributed by atoms with Crippen LogP contribution in [0.15, 0.2) is 36.5 Å². The second-order valence-electron chi connectivity index (χ2n) is 5.96. The van der Waals surface area contributed by atoms with Crippen molar-refractivity contribution in [3.8, 4) is 6.07 Å². The fourth-order valence-electron chi connectivity index (χ4n) is 3.26. The van der Waals surface area contributed by atoms with Gasteiger partial charge in [-0.1, -0.05) is 6.07 Å². The van der Waals surface area contributed by atoms with Crippen molar-refractivity contribution in [2.24, 2.45) is 0 Å². The van der Waals surface area contributed by atoms with Crippen molar-refractivity contribution in [1.29, 1.82) is 5.26 Å². The van der Waals surface area contributed by atoms with Gasteiger partial charge in [0.2, 0.25) is 0 Å². The van der Waals surface area contributed by atoms with Crippen LogP contribution in [0.3, 0.4) is 0 Å². The van der Waals surface area contributed by atoms with E-state index in [4.69, 9.17) is 5.26 Å². The molecule has 5 heteroatoms. The number of nitriles is 1. The SMILES string of the molecule is Cc1cc(CO)c2[nH]ccc2c1Cc1nc2ccc(C#N)cc2[nH]1. The Kier molecular flexibility index (Phi) is 3.33. The number of hydrogen-bond acceptors (Lipinski definition) is 3. The predicted molar refractivity (Wildman–Crippen MR) is 92.6 cm³/mol. The highest BCUT2D eigenvalue weighted by Crippen LogP contribution is 2.27. The minimum Gasteiger partial charge on any atom is -0.392 e. The molecule has 0 fully saturated rings. The number of aromatic amines is 2. The van der Waals surface area contributed by atoms with Gasteiger partial charge in [0.05, 0.1) is 34.8 Å². The Bertz CT molecular complexity index is 1100. The molecule has 0 bridgehead atoms. The summed E-state index contributed by atoms with van der Waals surface area (Å²) in [4.78, 5) is 11.2. The van der Waals surface area contributed by atoms with Crippen LogP contribution in [-0.4, -0.2) is 20.1 Å². The van der Waals surface area contributed by atoms with Crippen molar-refractivity contribution in [2.75, 3.05) is 0 Å². The molecule has 2 aromatic heterocycles. The maximum absolute atomic E-state index is 9.54. The van der Waals surface area contributed by atoms with E-state index in [9.17, 15) is 5.11 Å². The molecule has 3 N–H and O–H groups in total. The number of aliphatic hydroxyl groups is 1. The minimum atomic E-state index is 0.0136. The van der Waals surface area contributed by atoms with E-state index >= 15 is 0 Å². The summed E-state index contributed by atoms with van der Waals surface area (Å²) < 4.78 is 0. The van der Waals surface area contributed by atoms with E-state index in [1.54, 1.807) is 6.07 Å². The van der Waals surface area contributed by atoms with Crippen LogP contribution in [0.2, 0.25) is 0 Å². The first kappa shape index (κ1) is 14.5. The van der Waals surface area contributed by atoms with E-state index in [0.717, 1.165) is 38.9 Å². The smallest absolute Gasteiger partial charge is 0.111 e. The van der Waals surface area contributed by atoms with Gasteiger partial charge in [-0.05, 0) is 42.3 Å². The number of benzene rings is 2. The summed E-state index contributed by atoms with van der Waals surface area (Å²) in [6, 6.07) is 11.7. The number of nitrogens with zero attached hydrogens (tertiary/aromatic N) is 2. The van der Waals surface area contributed by atoms with Crippen molar-refractivity contribution in [3.05, 3.63) is 64.6 Å². The number of aliphatic hydroxyl groups excluding tert-OH is 1. The fourth-order valence-corrected chi connectivity index (χ4v) is 3.26. The molecular formula is C19H16N4O. The highest BCUT2D eigenvalue weighted by molar-refractivity contribution is 5.87. The third kappa shape index (κ3) is 2.25. The van der Waals surface area contributed by atoms with Crippen LogP contribution >= 0.6 is 0 Å². The summed E-state index contributed by atoms with van der Waals surface area (Å²) in [7, 11) is 0. The molecule has 5 nitrogen and oxygen atoms in total.